The number of benzene rings is 3. The lowest BCUT2D eigenvalue weighted by Crippen LogP contribution is -2.60. The van der Waals surface area contributed by atoms with Crippen molar-refractivity contribution in [2.24, 2.45) is 5.92 Å². The molecule has 0 aromatic heterocycles. The molecule has 17 heteroatoms. The van der Waals surface area contributed by atoms with Crippen LogP contribution in [0.1, 0.15) is 95.4 Å². The minimum absolute atomic E-state index is 0.0225. The molecule has 342 valence electrons. The van der Waals surface area contributed by atoms with Gasteiger partial charge in [0.2, 0.25) is 29.4 Å². The lowest BCUT2D eigenvalue weighted by molar-refractivity contribution is -0.142. The molecule has 1 unspecified atom stereocenters. The van der Waals surface area contributed by atoms with Gasteiger partial charge in [-0.05, 0) is 86.9 Å². The number of hydrogen-bond donors (Lipinski definition) is 7. The third-order valence-corrected chi connectivity index (χ3v) is 10.8. The largest absolute Gasteiger partial charge is 0.479 e. The summed E-state index contributed by atoms with van der Waals surface area (Å²) in [4.78, 5) is 107. The molecule has 64 heavy (non-hydrogen) atoms. The number of carbonyl (C=O) groups is 8. The molecule has 1 aliphatic carbocycles. The van der Waals surface area contributed by atoms with Crippen LogP contribution >= 0.6 is 0 Å². The van der Waals surface area contributed by atoms with Gasteiger partial charge in [0.05, 0.1) is 12.6 Å². The number of rotatable bonds is 13. The van der Waals surface area contributed by atoms with E-state index in [9.17, 15) is 43.5 Å². The minimum atomic E-state index is -1.41. The van der Waals surface area contributed by atoms with E-state index in [-0.39, 0.29) is 25.2 Å². The van der Waals surface area contributed by atoms with Crippen LogP contribution < -0.4 is 36.6 Å². The summed E-state index contributed by atoms with van der Waals surface area (Å²) in [6.07, 6.45) is 3.31. The summed E-state index contributed by atoms with van der Waals surface area (Å²) in [6.45, 7) is 6.11. The maximum Gasteiger partial charge on any atom is 0.408 e. The summed E-state index contributed by atoms with van der Waals surface area (Å²) >= 11 is 0. The van der Waals surface area contributed by atoms with Gasteiger partial charge in [-0.1, -0.05) is 87.2 Å². The van der Waals surface area contributed by atoms with E-state index in [1.54, 1.807) is 94.4 Å². The minimum Gasteiger partial charge on any atom is -0.479 e. The Morgan fingerprint density at radius 3 is 2.17 bits per heavy atom. The molecule has 1 saturated carbocycles. The van der Waals surface area contributed by atoms with Gasteiger partial charge in [-0.15, -0.1) is 0 Å². The SMILES string of the molecule is CCCC(NC(=O)[C@@H]1Cc2cccc(c2)Oc2ccc(cc2)C[C@H](NC(=O)OC(C)(C)C)C(=O)N[C@H](C2CCCCC2)C(=O)N1)C(=O)C(=O)NCC(=O)N[C@H](C(=O)O)c1ccccc1. The molecule has 2 heterocycles. The first-order chi connectivity index (χ1) is 30.5. The predicted octanol–water partition coefficient (Wildman–Crippen LogP) is 3.93. The van der Waals surface area contributed by atoms with Crippen molar-refractivity contribution >= 4 is 47.4 Å². The third-order valence-electron chi connectivity index (χ3n) is 10.8. The van der Waals surface area contributed by atoms with Crippen molar-refractivity contribution in [3.63, 3.8) is 0 Å². The molecule has 6 amide bonds. The highest BCUT2D eigenvalue weighted by molar-refractivity contribution is 6.38. The normalized spacial score (nSPS) is 19.2. The van der Waals surface area contributed by atoms with E-state index in [0.29, 0.717) is 47.5 Å². The van der Waals surface area contributed by atoms with E-state index in [2.05, 4.69) is 31.9 Å². The van der Waals surface area contributed by atoms with Crippen molar-refractivity contribution in [3.05, 3.63) is 95.6 Å². The standard InChI is InChI=1S/C47H58N6O11/c1-5-13-34(40(55)44(59)48-27-37(54)52-39(45(60)61)31-17-10-7-11-18-31)49-41(56)35-26-29-14-12-19-33(24-29)63-32-22-20-28(21-23-32)25-36(51-46(62)64-47(2,3)4)42(57)53-38(43(58)50-35)30-15-8-6-9-16-30/h7,10-12,14,17-24,30,34-36,38-39H,5-6,8-9,13,15-16,25-27H2,1-4H3,(H,48,59)(H,49,56)(H,50,58)(H,51,62)(H,52,54)(H,53,57)(H,60,61)/t34?,35-,36-,38+,39-/m0/s1. The van der Waals surface area contributed by atoms with Gasteiger partial charge in [0.15, 0.2) is 6.04 Å². The molecule has 6 rings (SSSR count). The zero-order chi connectivity index (χ0) is 46.4. The highest BCUT2D eigenvalue weighted by Crippen LogP contribution is 2.28. The Bertz CT molecular complexity index is 2150. The van der Waals surface area contributed by atoms with E-state index in [1.807, 2.05) is 0 Å². The number of amides is 6. The summed E-state index contributed by atoms with van der Waals surface area (Å²) in [5.74, 6) is -5.95. The second kappa shape index (κ2) is 22.5. The van der Waals surface area contributed by atoms with Crippen molar-refractivity contribution in [2.45, 2.75) is 121 Å². The summed E-state index contributed by atoms with van der Waals surface area (Å²) < 4.78 is 11.6. The lowest BCUT2D eigenvalue weighted by atomic mass is 9.83. The smallest absolute Gasteiger partial charge is 0.408 e. The van der Waals surface area contributed by atoms with Crippen LogP contribution in [0.15, 0.2) is 78.9 Å². The molecule has 17 nitrogen and oxygen atoms in total. The highest BCUT2D eigenvalue weighted by Gasteiger charge is 2.37. The molecular weight excluding hydrogens is 825 g/mol. The second-order valence-electron chi connectivity index (χ2n) is 17.1. The molecule has 3 aliphatic rings. The average Bonchev–Trinajstić information content (AvgIpc) is 3.26. The van der Waals surface area contributed by atoms with Crippen molar-refractivity contribution in [2.75, 3.05) is 6.54 Å². The van der Waals surface area contributed by atoms with Gasteiger partial charge in [0.25, 0.3) is 5.91 Å². The maximum absolute atomic E-state index is 14.5. The Labute approximate surface area is 372 Å². The number of Topliss-reactive ketones (excluding diaryl/α,β-unsaturated/α-hetero) is 1. The quantitative estimate of drug-likeness (QED) is 0.121. The first-order valence-corrected chi connectivity index (χ1v) is 21.6. The van der Waals surface area contributed by atoms with E-state index in [4.69, 9.17) is 9.47 Å². The fourth-order valence-corrected chi connectivity index (χ4v) is 7.67. The first-order valence-electron chi connectivity index (χ1n) is 21.6. The fourth-order valence-electron chi connectivity index (χ4n) is 7.67. The van der Waals surface area contributed by atoms with Crippen LogP contribution in [0.5, 0.6) is 11.5 Å². The molecule has 0 radical (unpaired) electrons. The van der Waals surface area contributed by atoms with Crippen LogP contribution in [0.2, 0.25) is 0 Å². The fraction of sp³-hybridized carbons (Fsp3) is 0.447. The summed E-state index contributed by atoms with van der Waals surface area (Å²) in [5, 5.41) is 25.3. The third kappa shape index (κ3) is 14.4. The molecule has 3 aromatic carbocycles. The zero-order valence-corrected chi connectivity index (χ0v) is 36.6. The molecule has 7 N–H and O–H groups in total. The van der Waals surface area contributed by atoms with Gasteiger partial charge in [-0.3, -0.25) is 28.8 Å². The Kier molecular flexibility index (Phi) is 17.0. The Morgan fingerprint density at radius 1 is 0.812 bits per heavy atom. The van der Waals surface area contributed by atoms with E-state index in [0.717, 1.165) is 19.3 Å². The van der Waals surface area contributed by atoms with Gasteiger partial charge in [-0.25, -0.2) is 9.59 Å². The van der Waals surface area contributed by atoms with Crippen molar-refractivity contribution < 1.29 is 52.9 Å². The molecule has 0 spiro atoms. The van der Waals surface area contributed by atoms with E-state index in [1.165, 1.54) is 12.1 Å². The van der Waals surface area contributed by atoms with Crippen molar-refractivity contribution in [1.29, 1.82) is 0 Å². The number of nitrogens with one attached hydrogen (secondary N) is 6. The van der Waals surface area contributed by atoms with Crippen molar-refractivity contribution in [1.82, 2.24) is 31.9 Å². The van der Waals surface area contributed by atoms with Crippen LogP contribution in [0.3, 0.4) is 0 Å². The molecule has 5 atom stereocenters. The first kappa shape index (κ1) is 48.3. The highest BCUT2D eigenvalue weighted by atomic mass is 16.6. The van der Waals surface area contributed by atoms with Gasteiger partial charge in [0, 0.05) is 12.8 Å². The Morgan fingerprint density at radius 2 is 1.52 bits per heavy atom. The zero-order valence-electron chi connectivity index (χ0n) is 36.6. The molecular formula is C47H58N6O11. The summed E-state index contributed by atoms with van der Waals surface area (Å²) in [7, 11) is 0. The summed E-state index contributed by atoms with van der Waals surface area (Å²) in [6, 6.07) is 15.4. The molecule has 2 aliphatic heterocycles. The topological polar surface area (TPSA) is 247 Å². The monoisotopic (exact) mass is 882 g/mol. The molecule has 3 aromatic rings. The number of alkyl carbamates (subject to hydrolysis) is 1. The number of fused-ring (bicyclic) bond motifs is 10. The van der Waals surface area contributed by atoms with Crippen LogP contribution in [-0.2, 0) is 51.1 Å². The van der Waals surface area contributed by atoms with Gasteiger partial charge < -0.3 is 46.5 Å². The number of carboxylic acids is 1. The van der Waals surface area contributed by atoms with Crippen LogP contribution in [0.25, 0.3) is 0 Å². The van der Waals surface area contributed by atoms with E-state index < -0.39 is 89.7 Å². The van der Waals surface area contributed by atoms with E-state index >= 15 is 0 Å². The summed E-state index contributed by atoms with van der Waals surface area (Å²) in [5.41, 5.74) is 0.717. The lowest BCUT2D eigenvalue weighted by Gasteiger charge is -2.33. The molecule has 4 bridgehead atoms. The average molecular weight is 883 g/mol. The van der Waals surface area contributed by atoms with Crippen LogP contribution in [0, 0.1) is 5.92 Å². The van der Waals surface area contributed by atoms with Gasteiger partial charge in [-0.2, -0.15) is 0 Å². The number of ether oxygens (including phenoxy) is 2. The number of carbonyl (C=O) groups excluding carboxylic acids is 7. The predicted molar refractivity (Wildman–Crippen MR) is 234 cm³/mol. The van der Waals surface area contributed by atoms with Crippen LogP contribution in [-0.4, -0.2) is 88.8 Å². The number of carboxylic acid groups (broad SMARTS) is 1. The Hall–Kier alpha value is -6.78. The van der Waals surface area contributed by atoms with Gasteiger partial charge >= 0.3 is 12.1 Å². The van der Waals surface area contributed by atoms with Crippen molar-refractivity contribution in [3.8, 4) is 11.5 Å². The van der Waals surface area contributed by atoms with Gasteiger partial charge in [0.1, 0.15) is 35.2 Å². The molecule has 1 fully saturated rings. The number of aliphatic carboxylic acids is 1. The number of ketones is 1. The Balaban J connectivity index is 1.40. The second-order valence-corrected chi connectivity index (χ2v) is 17.1. The van der Waals surface area contributed by atoms with Crippen LogP contribution in [0.4, 0.5) is 4.79 Å². The molecule has 0 saturated heterocycles. The number of hydrogen-bond acceptors (Lipinski definition) is 10. The maximum atomic E-state index is 14.5.